The van der Waals surface area contributed by atoms with Gasteiger partial charge < -0.3 is 4.90 Å². The summed E-state index contributed by atoms with van der Waals surface area (Å²) in [5, 5.41) is 0. The van der Waals surface area contributed by atoms with Gasteiger partial charge in [-0.25, -0.2) is 8.42 Å². The average Bonchev–Trinajstić information content (AvgIpc) is 2.86. The van der Waals surface area contributed by atoms with E-state index in [9.17, 15) is 13.2 Å². The number of aryl methyl sites for hydroxylation is 2. The molecule has 0 bridgehead atoms. The van der Waals surface area contributed by atoms with Gasteiger partial charge in [-0.3, -0.25) is 9.52 Å². The van der Waals surface area contributed by atoms with Crippen molar-refractivity contribution in [2.45, 2.75) is 44.4 Å². The van der Waals surface area contributed by atoms with Gasteiger partial charge in [-0.05, 0) is 74.1 Å². The maximum Gasteiger partial charge on any atom is 0.261 e. The zero-order valence-corrected chi connectivity index (χ0v) is 16.0. The molecule has 2 aromatic rings. The van der Waals surface area contributed by atoms with Crippen molar-refractivity contribution in [3.05, 3.63) is 52.6 Å². The van der Waals surface area contributed by atoms with Crippen molar-refractivity contribution < 1.29 is 13.2 Å². The Morgan fingerprint density at radius 3 is 2.73 bits per heavy atom. The Hall–Kier alpha value is -2.34. The standard InChI is InChI=1S/C20H22N2O3S/c1-12-6-4-8-18(13(12)2)21-26(24,25)16-10-15-7-5-9-22-19(15)17(11-16)14(3)20(22)23/h4,6,8,10-11,14,21H,5,7,9H2,1-3H3. The highest BCUT2D eigenvalue weighted by atomic mass is 32.2. The molecule has 2 aliphatic heterocycles. The number of nitrogens with one attached hydrogen (secondary N) is 1. The van der Waals surface area contributed by atoms with Gasteiger partial charge >= 0.3 is 0 Å². The van der Waals surface area contributed by atoms with Crippen LogP contribution in [0.15, 0.2) is 35.2 Å². The van der Waals surface area contributed by atoms with E-state index in [4.69, 9.17) is 0 Å². The van der Waals surface area contributed by atoms with E-state index in [0.29, 0.717) is 5.69 Å². The van der Waals surface area contributed by atoms with Crippen LogP contribution >= 0.6 is 0 Å². The van der Waals surface area contributed by atoms with Crippen LogP contribution in [0.3, 0.4) is 0 Å². The lowest BCUT2D eigenvalue weighted by Crippen LogP contribution is -2.32. The molecule has 2 aliphatic rings. The van der Waals surface area contributed by atoms with Crippen molar-refractivity contribution in [3.8, 4) is 0 Å². The van der Waals surface area contributed by atoms with E-state index in [2.05, 4.69) is 4.72 Å². The molecule has 4 rings (SSSR count). The van der Waals surface area contributed by atoms with Crippen LogP contribution in [0.25, 0.3) is 0 Å². The first-order chi connectivity index (χ1) is 12.3. The third-order valence-electron chi connectivity index (χ3n) is 5.55. The molecule has 6 heteroatoms. The van der Waals surface area contributed by atoms with Crippen LogP contribution in [0.5, 0.6) is 0 Å². The van der Waals surface area contributed by atoms with Gasteiger partial charge in [0, 0.05) is 6.54 Å². The molecule has 26 heavy (non-hydrogen) atoms. The van der Waals surface area contributed by atoms with Crippen LogP contribution in [-0.4, -0.2) is 20.9 Å². The van der Waals surface area contributed by atoms with E-state index in [0.717, 1.165) is 47.3 Å². The summed E-state index contributed by atoms with van der Waals surface area (Å²) in [5.41, 5.74) is 5.24. The van der Waals surface area contributed by atoms with E-state index in [1.54, 1.807) is 18.2 Å². The van der Waals surface area contributed by atoms with E-state index in [1.165, 1.54) is 0 Å². The summed E-state index contributed by atoms with van der Waals surface area (Å²) >= 11 is 0. The summed E-state index contributed by atoms with van der Waals surface area (Å²) in [6.07, 6.45) is 1.66. The van der Waals surface area contributed by atoms with E-state index >= 15 is 0 Å². The number of rotatable bonds is 3. The highest BCUT2D eigenvalue weighted by molar-refractivity contribution is 7.92. The molecule has 0 aromatic heterocycles. The van der Waals surface area contributed by atoms with E-state index in [1.807, 2.05) is 37.8 Å². The van der Waals surface area contributed by atoms with E-state index < -0.39 is 10.0 Å². The highest BCUT2D eigenvalue weighted by Crippen LogP contribution is 2.44. The molecule has 2 heterocycles. The Labute approximate surface area is 154 Å². The number of nitrogens with zero attached hydrogens (tertiary/aromatic N) is 1. The SMILES string of the molecule is Cc1cccc(NS(=O)(=O)c2cc3c4c(c2)C(C)C(=O)N4CCC3)c1C. The van der Waals surface area contributed by atoms with Gasteiger partial charge in [-0.1, -0.05) is 12.1 Å². The minimum atomic E-state index is -3.72. The zero-order chi connectivity index (χ0) is 18.6. The molecule has 0 spiro atoms. The van der Waals surface area contributed by atoms with Crippen molar-refractivity contribution >= 4 is 27.3 Å². The summed E-state index contributed by atoms with van der Waals surface area (Å²) < 4.78 is 28.7. The molecule has 0 fully saturated rings. The molecule has 0 aliphatic carbocycles. The molecule has 136 valence electrons. The maximum atomic E-state index is 13.0. The average molecular weight is 370 g/mol. The Kier molecular flexibility index (Phi) is 3.84. The quantitative estimate of drug-likeness (QED) is 0.899. The Balaban J connectivity index is 1.79. The van der Waals surface area contributed by atoms with Gasteiger partial charge in [0.1, 0.15) is 0 Å². The topological polar surface area (TPSA) is 66.5 Å². The minimum absolute atomic E-state index is 0.0676. The minimum Gasteiger partial charge on any atom is -0.311 e. The molecule has 0 saturated carbocycles. The van der Waals surface area contributed by atoms with Gasteiger partial charge in [-0.2, -0.15) is 0 Å². The van der Waals surface area contributed by atoms with Gasteiger partial charge in [0.2, 0.25) is 5.91 Å². The fourth-order valence-corrected chi connectivity index (χ4v) is 5.09. The Morgan fingerprint density at radius 1 is 1.19 bits per heavy atom. The second-order valence-corrected chi connectivity index (χ2v) is 8.87. The number of amides is 1. The first-order valence-corrected chi connectivity index (χ1v) is 10.3. The predicted octanol–water partition coefficient (Wildman–Crippen LogP) is 3.50. The number of hydrogen-bond donors (Lipinski definition) is 1. The van der Waals surface area contributed by atoms with Crippen LogP contribution < -0.4 is 9.62 Å². The van der Waals surface area contributed by atoms with Crippen LogP contribution in [0.4, 0.5) is 11.4 Å². The third kappa shape index (κ3) is 2.51. The zero-order valence-electron chi connectivity index (χ0n) is 15.2. The molecular weight excluding hydrogens is 348 g/mol. The number of anilines is 2. The normalized spacial score (nSPS) is 18.8. The lowest BCUT2D eigenvalue weighted by atomic mass is 9.97. The summed E-state index contributed by atoms with van der Waals surface area (Å²) in [6.45, 7) is 6.42. The molecule has 0 saturated heterocycles. The van der Waals surface area contributed by atoms with Crippen LogP contribution in [0.2, 0.25) is 0 Å². The van der Waals surface area contributed by atoms with Gasteiger partial charge in [0.15, 0.2) is 0 Å². The smallest absolute Gasteiger partial charge is 0.261 e. The Morgan fingerprint density at radius 2 is 1.96 bits per heavy atom. The largest absolute Gasteiger partial charge is 0.311 e. The van der Waals surface area contributed by atoms with Gasteiger partial charge in [0.25, 0.3) is 10.0 Å². The van der Waals surface area contributed by atoms with Crippen molar-refractivity contribution in [2.24, 2.45) is 0 Å². The molecule has 1 N–H and O–H groups in total. The number of carbonyl (C=O) groups excluding carboxylic acids is 1. The molecule has 1 amide bonds. The van der Waals surface area contributed by atoms with Gasteiger partial charge in [-0.15, -0.1) is 0 Å². The predicted molar refractivity (Wildman–Crippen MR) is 102 cm³/mol. The fraction of sp³-hybridized carbons (Fsp3) is 0.350. The first kappa shape index (κ1) is 17.1. The molecule has 1 unspecified atom stereocenters. The molecular formula is C20H22N2O3S. The summed E-state index contributed by atoms with van der Waals surface area (Å²) in [4.78, 5) is 14.5. The number of benzene rings is 2. The van der Waals surface area contributed by atoms with Crippen LogP contribution in [0.1, 0.15) is 41.5 Å². The number of sulfonamides is 1. The number of carbonyl (C=O) groups is 1. The molecule has 5 nitrogen and oxygen atoms in total. The molecule has 1 atom stereocenters. The maximum absolute atomic E-state index is 13.0. The van der Waals surface area contributed by atoms with Crippen molar-refractivity contribution in [1.29, 1.82) is 0 Å². The lowest BCUT2D eigenvalue weighted by Gasteiger charge is -2.26. The molecule has 0 radical (unpaired) electrons. The van der Waals surface area contributed by atoms with Gasteiger partial charge in [0.05, 0.1) is 22.2 Å². The number of hydrogen-bond acceptors (Lipinski definition) is 3. The second kappa shape index (κ2) is 5.84. The Bertz CT molecular complexity index is 1030. The van der Waals surface area contributed by atoms with Crippen molar-refractivity contribution in [2.75, 3.05) is 16.2 Å². The lowest BCUT2D eigenvalue weighted by molar-refractivity contribution is -0.119. The van der Waals surface area contributed by atoms with E-state index in [-0.39, 0.29) is 16.7 Å². The monoisotopic (exact) mass is 370 g/mol. The summed E-state index contributed by atoms with van der Waals surface area (Å²) in [6, 6.07) is 8.95. The van der Waals surface area contributed by atoms with Crippen molar-refractivity contribution in [1.82, 2.24) is 0 Å². The van der Waals surface area contributed by atoms with Crippen LogP contribution in [-0.2, 0) is 21.2 Å². The fourth-order valence-electron chi connectivity index (χ4n) is 3.89. The highest BCUT2D eigenvalue weighted by Gasteiger charge is 2.38. The summed E-state index contributed by atoms with van der Waals surface area (Å²) in [5.74, 6) is -0.226. The third-order valence-corrected chi connectivity index (χ3v) is 6.90. The second-order valence-electron chi connectivity index (χ2n) is 7.19. The first-order valence-electron chi connectivity index (χ1n) is 8.87. The van der Waals surface area contributed by atoms with Crippen molar-refractivity contribution in [3.63, 3.8) is 0 Å². The van der Waals surface area contributed by atoms with Crippen LogP contribution in [0, 0.1) is 13.8 Å². The molecule has 2 aromatic carbocycles. The summed E-state index contributed by atoms with van der Waals surface area (Å²) in [7, 11) is -3.72.